The van der Waals surface area contributed by atoms with Crippen molar-refractivity contribution in [3.63, 3.8) is 0 Å². The molecule has 35 heavy (non-hydrogen) atoms. The minimum Gasteiger partial charge on any atom is -0.467 e. The molecule has 1 amide bonds. The Kier molecular flexibility index (Phi) is 7.74. The highest BCUT2D eigenvalue weighted by Gasteiger charge is 2.31. The van der Waals surface area contributed by atoms with Crippen LogP contribution in [-0.2, 0) is 13.2 Å². The fraction of sp³-hybridized carbons (Fsp3) is 0.389. The third kappa shape index (κ3) is 5.76. The summed E-state index contributed by atoms with van der Waals surface area (Å²) in [5.74, 6) is -4.83. The van der Waals surface area contributed by atoms with E-state index < -0.39 is 60.0 Å². The fourth-order valence-corrected chi connectivity index (χ4v) is 3.12. The summed E-state index contributed by atoms with van der Waals surface area (Å²) in [6, 6.07) is 0.487. The molecule has 3 aromatic heterocycles. The summed E-state index contributed by atoms with van der Waals surface area (Å²) in [5, 5.41) is 20.8. The normalized spacial score (nSPS) is 11.7. The molecule has 3 rings (SSSR count). The molecule has 0 bridgehead atoms. The third-order valence-electron chi connectivity index (χ3n) is 4.48. The van der Waals surface area contributed by atoms with E-state index in [1.165, 1.54) is 6.92 Å². The van der Waals surface area contributed by atoms with E-state index in [1.54, 1.807) is 0 Å². The Morgan fingerprint density at radius 3 is 2.66 bits per heavy atom. The number of aryl methyl sites for hydroxylation is 1. The molecule has 0 atom stereocenters. The van der Waals surface area contributed by atoms with E-state index in [4.69, 9.17) is 16.7 Å². The first-order valence-electron chi connectivity index (χ1n) is 9.74. The van der Waals surface area contributed by atoms with Gasteiger partial charge in [0.05, 0.1) is 5.69 Å². The number of aromatic nitrogens is 6. The number of hydrogen-bond acceptors (Lipinski definition) is 7. The quantitative estimate of drug-likeness (QED) is 0.364. The molecule has 11 nitrogen and oxygen atoms in total. The van der Waals surface area contributed by atoms with Crippen molar-refractivity contribution in [3.05, 3.63) is 44.6 Å². The van der Waals surface area contributed by atoms with Gasteiger partial charge in [0.2, 0.25) is 5.88 Å². The smallest absolute Gasteiger partial charge is 0.422 e. The zero-order valence-electron chi connectivity index (χ0n) is 17.8. The zero-order chi connectivity index (χ0) is 25.9. The number of hydrogen-bond donors (Lipinski definition) is 3. The zero-order valence-corrected chi connectivity index (χ0v) is 18.5. The van der Waals surface area contributed by atoms with E-state index >= 15 is 0 Å². The van der Waals surface area contributed by atoms with Crippen molar-refractivity contribution in [1.29, 1.82) is 0 Å². The molecular weight excluding hydrogens is 509 g/mol. The average molecular weight is 526 g/mol. The van der Waals surface area contributed by atoms with Crippen LogP contribution in [0.5, 0.6) is 5.88 Å². The largest absolute Gasteiger partial charge is 0.467 e. The lowest BCUT2D eigenvalue weighted by atomic mass is 10.2. The Morgan fingerprint density at radius 1 is 1.37 bits per heavy atom. The van der Waals surface area contributed by atoms with Crippen molar-refractivity contribution in [3.8, 4) is 11.7 Å². The number of anilines is 1. The lowest BCUT2D eigenvalue weighted by Crippen LogP contribution is -2.27. The summed E-state index contributed by atoms with van der Waals surface area (Å²) in [7, 11) is 0. The Morgan fingerprint density at radius 2 is 2.09 bits per heavy atom. The van der Waals surface area contributed by atoms with Crippen LogP contribution in [0.25, 0.3) is 5.82 Å². The number of carbonyl (C=O) groups excluding carboxylic acids is 1. The first kappa shape index (κ1) is 26.1. The van der Waals surface area contributed by atoms with Gasteiger partial charge in [0, 0.05) is 13.2 Å². The third-order valence-corrected chi connectivity index (χ3v) is 4.75. The molecule has 17 heteroatoms. The number of halogens is 6. The van der Waals surface area contributed by atoms with E-state index in [0.717, 1.165) is 4.57 Å². The monoisotopic (exact) mass is 525 g/mol. The number of H-pyrrole nitrogens is 1. The van der Waals surface area contributed by atoms with Crippen LogP contribution in [0.15, 0.2) is 10.9 Å². The second-order valence-corrected chi connectivity index (χ2v) is 7.35. The molecule has 0 aliphatic carbocycles. The van der Waals surface area contributed by atoms with Crippen LogP contribution in [0, 0.1) is 12.7 Å². The summed E-state index contributed by atoms with van der Waals surface area (Å²) in [6.07, 6.45) is -4.80. The van der Waals surface area contributed by atoms with Crippen molar-refractivity contribution in [2.24, 2.45) is 0 Å². The minimum atomic E-state index is -4.85. The van der Waals surface area contributed by atoms with Gasteiger partial charge in [0.25, 0.3) is 5.91 Å². The predicted molar refractivity (Wildman–Crippen MR) is 110 cm³/mol. The molecule has 3 heterocycles. The number of aliphatic hydroxyl groups excluding tert-OH is 1. The molecule has 0 aliphatic rings. The molecule has 0 radical (unpaired) electrons. The Balaban J connectivity index is 2.09. The summed E-state index contributed by atoms with van der Waals surface area (Å²) in [5.41, 5.74) is -1.55. The molecule has 3 N–H and O–H groups in total. The SMILES string of the molecule is Cc1[nH]nc(Cl)c1NC(=O)c1cc(F)c(-n2nc(CF)n(CCCO)c2=O)nc1OCC(F)(F)F. The molecule has 0 saturated carbocycles. The van der Waals surface area contributed by atoms with Crippen molar-refractivity contribution in [2.45, 2.75) is 32.7 Å². The summed E-state index contributed by atoms with van der Waals surface area (Å²) in [6.45, 7) is -2.15. The van der Waals surface area contributed by atoms with Crippen molar-refractivity contribution in [1.82, 2.24) is 29.5 Å². The number of alkyl halides is 4. The molecule has 0 aliphatic heterocycles. The summed E-state index contributed by atoms with van der Waals surface area (Å²) >= 11 is 5.84. The topological polar surface area (TPSA) is 140 Å². The second-order valence-electron chi connectivity index (χ2n) is 6.99. The highest BCUT2D eigenvalue weighted by atomic mass is 35.5. The van der Waals surface area contributed by atoms with E-state index in [2.05, 4.69) is 30.3 Å². The van der Waals surface area contributed by atoms with Gasteiger partial charge in [0.1, 0.15) is 17.9 Å². The maximum Gasteiger partial charge on any atom is 0.422 e. The van der Waals surface area contributed by atoms with Crippen LogP contribution in [-0.4, -0.2) is 59.9 Å². The fourth-order valence-electron chi connectivity index (χ4n) is 2.89. The van der Waals surface area contributed by atoms with Crippen molar-refractivity contribution >= 4 is 23.2 Å². The lowest BCUT2D eigenvalue weighted by molar-refractivity contribution is -0.154. The van der Waals surface area contributed by atoms with Gasteiger partial charge in [-0.3, -0.25) is 14.5 Å². The average Bonchev–Trinajstić information content (AvgIpc) is 3.28. The van der Waals surface area contributed by atoms with Crippen LogP contribution >= 0.6 is 11.6 Å². The molecule has 190 valence electrons. The minimum absolute atomic E-state index is 0.0191. The molecule has 0 aromatic carbocycles. The standard InChI is InChI=1S/C18H17ClF5N7O4/c1-8-12(13(19)28-27-8)25-15(33)9-5-10(21)14(26-16(9)35-7-18(22,23)24)31-17(34)30(3-2-4-32)11(6-20)29-31/h5,32H,2-4,6-7H2,1H3,(H,25,33)(H,27,28). The van der Waals surface area contributed by atoms with Gasteiger partial charge >= 0.3 is 11.9 Å². The molecule has 3 aromatic rings. The highest BCUT2D eigenvalue weighted by Crippen LogP contribution is 2.27. The number of rotatable bonds is 9. The van der Waals surface area contributed by atoms with E-state index in [0.29, 0.717) is 16.4 Å². The number of pyridine rings is 1. The van der Waals surface area contributed by atoms with Gasteiger partial charge in [0.15, 0.2) is 29.2 Å². The first-order valence-corrected chi connectivity index (χ1v) is 10.1. The number of nitrogens with one attached hydrogen (secondary N) is 2. The molecular formula is C18H17ClF5N7O4. The van der Waals surface area contributed by atoms with E-state index in [9.17, 15) is 31.5 Å². The number of aromatic amines is 1. The van der Waals surface area contributed by atoms with Gasteiger partial charge in [-0.1, -0.05) is 11.6 Å². The molecule has 0 fully saturated rings. The summed E-state index contributed by atoms with van der Waals surface area (Å²) in [4.78, 5) is 28.9. The number of aliphatic hydroxyl groups is 1. The Hall–Kier alpha value is -3.53. The number of carbonyl (C=O) groups is 1. The van der Waals surface area contributed by atoms with Crippen LogP contribution in [0.3, 0.4) is 0 Å². The maximum atomic E-state index is 15.0. The molecule has 0 spiro atoms. The van der Waals surface area contributed by atoms with Gasteiger partial charge in [-0.25, -0.2) is 13.6 Å². The van der Waals surface area contributed by atoms with Crippen LogP contribution in [0.2, 0.25) is 5.15 Å². The lowest BCUT2D eigenvalue weighted by Gasteiger charge is -2.14. The predicted octanol–water partition coefficient (Wildman–Crippen LogP) is 2.30. The van der Waals surface area contributed by atoms with Gasteiger partial charge in [-0.05, 0) is 19.4 Å². The van der Waals surface area contributed by atoms with Crippen LogP contribution in [0.4, 0.5) is 27.6 Å². The van der Waals surface area contributed by atoms with Crippen LogP contribution in [0.1, 0.15) is 28.3 Å². The van der Waals surface area contributed by atoms with Crippen LogP contribution < -0.4 is 15.7 Å². The molecule has 0 unspecified atom stereocenters. The first-order chi connectivity index (χ1) is 16.5. The second kappa shape index (κ2) is 10.4. The number of amides is 1. The Labute approximate surface area is 197 Å². The summed E-state index contributed by atoms with van der Waals surface area (Å²) < 4.78 is 72.4. The maximum absolute atomic E-state index is 15.0. The van der Waals surface area contributed by atoms with E-state index in [-0.39, 0.29) is 30.4 Å². The number of nitrogens with zero attached hydrogens (tertiary/aromatic N) is 5. The van der Waals surface area contributed by atoms with Crippen molar-refractivity contribution in [2.75, 3.05) is 18.5 Å². The van der Waals surface area contributed by atoms with Crippen molar-refractivity contribution < 1.29 is 36.6 Å². The Bertz CT molecular complexity index is 1270. The molecule has 0 saturated heterocycles. The van der Waals surface area contributed by atoms with Gasteiger partial charge in [-0.2, -0.15) is 27.9 Å². The van der Waals surface area contributed by atoms with E-state index in [1.807, 2.05) is 0 Å². The van der Waals surface area contributed by atoms with Gasteiger partial charge in [-0.15, -0.1) is 5.10 Å². The number of ether oxygens (including phenoxy) is 1. The van der Waals surface area contributed by atoms with Gasteiger partial charge < -0.3 is 15.2 Å². The highest BCUT2D eigenvalue weighted by molar-refractivity contribution is 6.33.